The van der Waals surface area contributed by atoms with E-state index in [1.54, 1.807) is 0 Å². The molecule has 3 saturated carbocycles. The van der Waals surface area contributed by atoms with Crippen LogP contribution in [0.15, 0.2) is 6.20 Å². The number of aliphatic carboxylic acids is 1. The highest BCUT2D eigenvalue weighted by atomic mass is 16.5. The number of nitrogens with zero attached hydrogens (tertiary/aromatic N) is 2. The average molecular weight is 239 g/mol. The molecule has 0 atom stereocenters. The fourth-order valence-corrected chi connectivity index (χ4v) is 3.47. The molecule has 92 valence electrons. The van der Waals surface area contributed by atoms with E-state index in [-0.39, 0.29) is 12.0 Å². The second-order valence-corrected chi connectivity index (χ2v) is 5.26. The molecule has 3 aliphatic carbocycles. The van der Waals surface area contributed by atoms with Crippen molar-refractivity contribution in [3.05, 3.63) is 17.5 Å². The van der Waals surface area contributed by atoms with Gasteiger partial charge in [-0.2, -0.15) is 5.10 Å². The van der Waals surface area contributed by atoms with Gasteiger partial charge in [0.15, 0.2) is 0 Å². The SMILES string of the molecule is [2H]C([2H])([2H])n1ncc(COC)c1C12CC(C(=O)O)(C1)C2. The summed E-state index contributed by atoms with van der Waals surface area (Å²) in [5.41, 5.74) is 0.371. The Morgan fingerprint density at radius 2 is 2.41 bits per heavy atom. The summed E-state index contributed by atoms with van der Waals surface area (Å²) in [6, 6.07) is 0. The number of carbonyl (C=O) groups is 1. The maximum Gasteiger partial charge on any atom is 0.309 e. The number of methoxy groups -OCH3 is 1. The second kappa shape index (κ2) is 3.10. The van der Waals surface area contributed by atoms with Crippen LogP contribution in [0.2, 0.25) is 0 Å². The molecule has 1 N–H and O–H groups in total. The number of hydrogen-bond donors (Lipinski definition) is 1. The maximum atomic E-state index is 11.2. The summed E-state index contributed by atoms with van der Waals surface area (Å²) in [6.45, 7) is -2.07. The van der Waals surface area contributed by atoms with Gasteiger partial charge in [0.05, 0.1) is 18.2 Å². The average Bonchev–Trinajstić information content (AvgIpc) is 2.57. The van der Waals surface area contributed by atoms with Crippen molar-refractivity contribution < 1.29 is 18.8 Å². The van der Waals surface area contributed by atoms with Crippen LogP contribution in [0.25, 0.3) is 0 Å². The summed E-state index contributed by atoms with van der Waals surface area (Å²) >= 11 is 0. The van der Waals surface area contributed by atoms with Gasteiger partial charge in [-0.15, -0.1) is 0 Å². The lowest BCUT2D eigenvalue weighted by atomic mass is 9.34. The largest absolute Gasteiger partial charge is 0.481 e. The van der Waals surface area contributed by atoms with E-state index >= 15 is 0 Å². The van der Waals surface area contributed by atoms with Gasteiger partial charge in [-0.1, -0.05) is 0 Å². The number of carboxylic acids is 1. The van der Waals surface area contributed by atoms with Crippen molar-refractivity contribution in [2.75, 3.05) is 7.11 Å². The molecule has 5 heteroatoms. The third kappa shape index (κ3) is 1.17. The molecule has 0 saturated heterocycles. The molecule has 1 heterocycles. The summed E-state index contributed by atoms with van der Waals surface area (Å²) in [5.74, 6) is -0.785. The molecule has 0 radical (unpaired) electrons. The Bertz CT molecular complexity index is 559. The smallest absolute Gasteiger partial charge is 0.309 e. The third-order valence-electron chi connectivity index (χ3n) is 4.13. The predicted octanol–water partition coefficient (Wildman–Crippen LogP) is 1.07. The minimum Gasteiger partial charge on any atom is -0.481 e. The molecule has 0 amide bonds. The van der Waals surface area contributed by atoms with E-state index in [0.29, 0.717) is 25.0 Å². The summed E-state index contributed by atoms with van der Waals surface area (Å²) in [5, 5.41) is 13.2. The zero-order valence-electron chi connectivity index (χ0n) is 12.6. The van der Waals surface area contributed by atoms with Crippen LogP contribution in [0.5, 0.6) is 0 Å². The Morgan fingerprint density at radius 1 is 1.71 bits per heavy atom. The molecule has 1 aromatic rings. The number of ether oxygens (including phenoxy) is 1. The highest BCUT2D eigenvalue weighted by Crippen LogP contribution is 2.73. The topological polar surface area (TPSA) is 64.4 Å². The van der Waals surface area contributed by atoms with Crippen molar-refractivity contribution in [1.82, 2.24) is 9.78 Å². The normalized spacial score (nSPS) is 37.4. The number of aryl methyl sites for hydroxylation is 1. The standard InChI is InChI=1S/C12H16N2O3/c1-14-9(8(3-13-14)4-17-2)11-5-12(6-11,7-11)10(15)16/h3H,4-7H2,1-2H3,(H,15,16)/i1D3. The first-order chi connectivity index (χ1) is 9.24. The number of rotatable bonds is 4. The molecular weight excluding hydrogens is 220 g/mol. The fourth-order valence-electron chi connectivity index (χ4n) is 3.47. The van der Waals surface area contributed by atoms with Gasteiger partial charge < -0.3 is 9.84 Å². The van der Waals surface area contributed by atoms with Crippen molar-refractivity contribution in [2.45, 2.75) is 31.3 Å². The molecule has 0 spiro atoms. The minimum absolute atomic E-state index is 0.285. The molecule has 0 aliphatic heterocycles. The summed E-state index contributed by atoms with van der Waals surface area (Å²) in [6.07, 6.45) is 2.99. The van der Waals surface area contributed by atoms with Crippen molar-refractivity contribution in [3.8, 4) is 0 Å². The van der Waals surface area contributed by atoms with Crippen LogP contribution in [0.1, 0.15) is 34.6 Å². The van der Waals surface area contributed by atoms with E-state index in [1.165, 1.54) is 13.3 Å². The molecule has 1 aromatic heterocycles. The van der Waals surface area contributed by atoms with E-state index < -0.39 is 18.4 Å². The molecule has 4 rings (SSSR count). The second-order valence-electron chi connectivity index (χ2n) is 5.26. The number of aromatic nitrogens is 2. The van der Waals surface area contributed by atoms with E-state index in [9.17, 15) is 9.90 Å². The first-order valence-corrected chi connectivity index (χ1v) is 5.54. The predicted molar refractivity (Wildman–Crippen MR) is 59.5 cm³/mol. The van der Waals surface area contributed by atoms with Gasteiger partial charge in [0, 0.05) is 34.9 Å². The van der Waals surface area contributed by atoms with Crippen molar-refractivity contribution in [1.29, 1.82) is 0 Å². The fraction of sp³-hybridized carbons (Fsp3) is 0.667. The van der Waals surface area contributed by atoms with Crippen LogP contribution in [-0.2, 0) is 28.5 Å². The van der Waals surface area contributed by atoms with E-state index in [0.717, 1.165) is 10.2 Å². The Morgan fingerprint density at radius 3 is 2.94 bits per heavy atom. The van der Waals surface area contributed by atoms with Crippen LogP contribution in [0.4, 0.5) is 0 Å². The highest BCUT2D eigenvalue weighted by molar-refractivity contribution is 5.80. The van der Waals surface area contributed by atoms with E-state index in [1.807, 2.05) is 0 Å². The third-order valence-corrected chi connectivity index (χ3v) is 4.13. The van der Waals surface area contributed by atoms with Gasteiger partial charge in [-0.25, -0.2) is 0 Å². The molecule has 17 heavy (non-hydrogen) atoms. The first-order valence-electron chi connectivity index (χ1n) is 7.04. The Labute approximate surface area is 104 Å². The van der Waals surface area contributed by atoms with Crippen LogP contribution < -0.4 is 0 Å². The van der Waals surface area contributed by atoms with Gasteiger partial charge in [0.1, 0.15) is 0 Å². The molecule has 5 nitrogen and oxygen atoms in total. The van der Waals surface area contributed by atoms with Crippen molar-refractivity contribution >= 4 is 5.97 Å². The lowest BCUT2D eigenvalue weighted by Gasteiger charge is -2.68. The molecular formula is C12H16N2O3. The van der Waals surface area contributed by atoms with Crippen LogP contribution >= 0.6 is 0 Å². The van der Waals surface area contributed by atoms with Crippen molar-refractivity contribution in [3.63, 3.8) is 0 Å². The molecule has 3 aliphatic rings. The van der Waals surface area contributed by atoms with Crippen LogP contribution in [0, 0.1) is 5.41 Å². The summed E-state index contributed by atoms with van der Waals surface area (Å²) in [4.78, 5) is 11.2. The Balaban J connectivity index is 1.98. The first kappa shape index (κ1) is 7.87. The van der Waals surface area contributed by atoms with Crippen molar-refractivity contribution in [2.24, 2.45) is 12.4 Å². The lowest BCUT2D eigenvalue weighted by Crippen LogP contribution is -2.68. The zero-order chi connectivity index (χ0) is 14.8. The maximum absolute atomic E-state index is 11.2. The Hall–Kier alpha value is -1.36. The molecule has 0 aromatic carbocycles. The van der Waals surface area contributed by atoms with E-state index in [2.05, 4.69) is 5.10 Å². The van der Waals surface area contributed by atoms with Crippen LogP contribution in [0.3, 0.4) is 0 Å². The Kier molecular flexibility index (Phi) is 1.44. The lowest BCUT2D eigenvalue weighted by molar-refractivity contribution is -0.196. The molecule has 0 unspecified atom stereocenters. The zero-order valence-corrected chi connectivity index (χ0v) is 9.56. The minimum atomic E-state index is -2.35. The monoisotopic (exact) mass is 239 g/mol. The summed E-state index contributed by atoms with van der Waals surface area (Å²) in [7, 11) is 1.54. The molecule has 2 bridgehead atoms. The van der Waals surface area contributed by atoms with Crippen LogP contribution in [-0.4, -0.2) is 28.0 Å². The van der Waals surface area contributed by atoms with Gasteiger partial charge >= 0.3 is 5.97 Å². The van der Waals surface area contributed by atoms with Gasteiger partial charge in [0.25, 0.3) is 0 Å². The summed E-state index contributed by atoms with van der Waals surface area (Å²) < 4.78 is 28.9. The quantitative estimate of drug-likeness (QED) is 0.853. The number of hydrogen-bond acceptors (Lipinski definition) is 3. The van der Waals surface area contributed by atoms with Gasteiger partial charge in [0.2, 0.25) is 0 Å². The highest BCUT2D eigenvalue weighted by Gasteiger charge is 2.73. The van der Waals surface area contributed by atoms with Gasteiger partial charge in [-0.3, -0.25) is 9.48 Å². The number of carboxylic acid groups (broad SMARTS) is 1. The van der Waals surface area contributed by atoms with Gasteiger partial charge in [-0.05, 0) is 19.3 Å². The molecule has 3 fully saturated rings. The van der Waals surface area contributed by atoms with E-state index in [4.69, 9.17) is 8.85 Å².